The molecule has 1 aromatic heterocycles. The minimum atomic E-state index is -0.930. The lowest BCUT2D eigenvalue weighted by atomic mass is 9.83. The highest BCUT2D eigenvalue weighted by atomic mass is 32.1. The first kappa shape index (κ1) is 14.3. The number of hydrogen-bond acceptors (Lipinski definition) is 3. The molecule has 0 amide bonds. The van der Waals surface area contributed by atoms with Gasteiger partial charge >= 0.3 is 5.97 Å². The van der Waals surface area contributed by atoms with Crippen LogP contribution in [0.1, 0.15) is 54.0 Å². The van der Waals surface area contributed by atoms with Crippen molar-refractivity contribution < 1.29 is 9.90 Å². The van der Waals surface area contributed by atoms with Crippen molar-refractivity contribution in [2.75, 3.05) is 0 Å². The lowest BCUT2D eigenvalue weighted by molar-refractivity contribution is 0.0692. The number of carbonyl (C=O) groups is 1. The SMILES string of the molecule is CC1CCC(c2nc(C(=O)O)c(-c3ccccc3)s2)CC1. The van der Waals surface area contributed by atoms with E-state index in [-0.39, 0.29) is 5.69 Å². The van der Waals surface area contributed by atoms with Gasteiger partial charge in [-0.25, -0.2) is 9.78 Å². The Bertz CT molecular complexity index is 627. The van der Waals surface area contributed by atoms with E-state index in [4.69, 9.17) is 0 Å². The molecular weight excluding hydrogens is 282 g/mol. The lowest BCUT2D eigenvalue weighted by Crippen LogP contribution is -2.11. The van der Waals surface area contributed by atoms with Gasteiger partial charge in [-0.2, -0.15) is 0 Å². The van der Waals surface area contributed by atoms with Crippen molar-refractivity contribution in [3.8, 4) is 10.4 Å². The second kappa shape index (κ2) is 5.98. The van der Waals surface area contributed by atoms with Crippen molar-refractivity contribution in [1.82, 2.24) is 4.98 Å². The van der Waals surface area contributed by atoms with Crippen molar-refractivity contribution >= 4 is 17.3 Å². The molecule has 3 rings (SSSR count). The predicted octanol–water partition coefficient (Wildman–Crippen LogP) is 4.80. The van der Waals surface area contributed by atoms with Crippen molar-refractivity contribution in [1.29, 1.82) is 0 Å². The average molecular weight is 301 g/mol. The van der Waals surface area contributed by atoms with E-state index in [0.717, 1.165) is 34.2 Å². The van der Waals surface area contributed by atoms with E-state index in [0.29, 0.717) is 5.92 Å². The molecule has 0 saturated heterocycles. The third kappa shape index (κ3) is 3.00. The maximum Gasteiger partial charge on any atom is 0.356 e. The van der Waals surface area contributed by atoms with Gasteiger partial charge in [0.15, 0.2) is 5.69 Å². The second-order valence-corrected chi connectivity index (χ2v) is 6.89. The Labute approximate surface area is 128 Å². The van der Waals surface area contributed by atoms with Gasteiger partial charge in [0, 0.05) is 5.92 Å². The Morgan fingerprint density at radius 1 is 1.19 bits per heavy atom. The fraction of sp³-hybridized carbons (Fsp3) is 0.412. The molecule has 0 atom stereocenters. The number of carboxylic acids is 1. The van der Waals surface area contributed by atoms with Gasteiger partial charge in [0.05, 0.1) is 9.88 Å². The van der Waals surface area contributed by atoms with Crippen LogP contribution in [0.25, 0.3) is 10.4 Å². The first-order valence-electron chi connectivity index (χ1n) is 7.44. The van der Waals surface area contributed by atoms with E-state index in [1.54, 1.807) is 11.3 Å². The van der Waals surface area contributed by atoms with Gasteiger partial charge in [-0.1, -0.05) is 50.1 Å². The maximum absolute atomic E-state index is 11.5. The van der Waals surface area contributed by atoms with Gasteiger partial charge in [-0.15, -0.1) is 11.3 Å². The molecule has 1 saturated carbocycles. The molecule has 2 aromatic rings. The van der Waals surface area contributed by atoms with Crippen LogP contribution in [0.15, 0.2) is 30.3 Å². The summed E-state index contributed by atoms with van der Waals surface area (Å²) in [6.07, 6.45) is 4.69. The number of thiazole rings is 1. The van der Waals surface area contributed by atoms with Crippen molar-refractivity contribution in [2.24, 2.45) is 5.92 Å². The van der Waals surface area contributed by atoms with Gasteiger partial charge in [0.2, 0.25) is 0 Å². The van der Waals surface area contributed by atoms with E-state index in [2.05, 4.69) is 11.9 Å². The van der Waals surface area contributed by atoms with Crippen LogP contribution >= 0.6 is 11.3 Å². The summed E-state index contributed by atoms with van der Waals surface area (Å²) < 4.78 is 0. The van der Waals surface area contributed by atoms with E-state index < -0.39 is 5.97 Å². The molecular formula is C17H19NO2S. The molecule has 3 nitrogen and oxygen atoms in total. The van der Waals surface area contributed by atoms with Gasteiger partial charge in [0.25, 0.3) is 0 Å². The zero-order chi connectivity index (χ0) is 14.8. The third-order valence-corrected chi connectivity index (χ3v) is 5.51. The summed E-state index contributed by atoms with van der Waals surface area (Å²) in [6, 6.07) is 9.71. The maximum atomic E-state index is 11.5. The molecule has 21 heavy (non-hydrogen) atoms. The molecule has 1 N–H and O–H groups in total. The Morgan fingerprint density at radius 3 is 2.48 bits per heavy atom. The number of aromatic nitrogens is 1. The molecule has 1 fully saturated rings. The Balaban J connectivity index is 1.95. The number of nitrogens with zero attached hydrogens (tertiary/aromatic N) is 1. The van der Waals surface area contributed by atoms with Crippen molar-refractivity contribution in [3.63, 3.8) is 0 Å². The number of aromatic carboxylic acids is 1. The minimum absolute atomic E-state index is 0.208. The molecule has 4 heteroatoms. The molecule has 0 aliphatic heterocycles. The molecule has 1 heterocycles. The summed E-state index contributed by atoms with van der Waals surface area (Å²) >= 11 is 1.56. The van der Waals surface area contributed by atoms with Gasteiger partial charge in [0.1, 0.15) is 0 Å². The van der Waals surface area contributed by atoms with E-state index in [9.17, 15) is 9.90 Å². The Hall–Kier alpha value is -1.68. The highest BCUT2D eigenvalue weighted by molar-refractivity contribution is 7.15. The van der Waals surface area contributed by atoms with Gasteiger partial charge in [-0.3, -0.25) is 0 Å². The van der Waals surface area contributed by atoms with Crippen LogP contribution < -0.4 is 0 Å². The normalized spacial score (nSPS) is 22.1. The highest BCUT2D eigenvalue weighted by Gasteiger charge is 2.26. The summed E-state index contributed by atoms with van der Waals surface area (Å²) in [6.45, 7) is 2.29. The highest BCUT2D eigenvalue weighted by Crippen LogP contribution is 2.40. The van der Waals surface area contributed by atoms with Crippen molar-refractivity contribution in [3.05, 3.63) is 41.0 Å². The Morgan fingerprint density at radius 2 is 1.86 bits per heavy atom. The van der Waals surface area contributed by atoms with Crippen LogP contribution in [0.4, 0.5) is 0 Å². The largest absolute Gasteiger partial charge is 0.476 e. The smallest absolute Gasteiger partial charge is 0.356 e. The van der Waals surface area contributed by atoms with Gasteiger partial charge < -0.3 is 5.11 Å². The number of carboxylic acid groups (broad SMARTS) is 1. The van der Waals surface area contributed by atoms with Crippen LogP contribution in [-0.4, -0.2) is 16.1 Å². The second-order valence-electron chi connectivity index (χ2n) is 5.86. The molecule has 0 unspecified atom stereocenters. The fourth-order valence-corrected chi connectivity index (χ4v) is 4.18. The number of benzene rings is 1. The first-order chi connectivity index (χ1) is 10.1. The van der Waals surface area contributed by atoms with Crippen LogP contribution in [-0.2, 0) is 0 Å². The summed E-state index contributed by atoms with van der Waals surface area (Å²) in [5, 5.41) is 10.4. The van der Waals surface area contributed by atoms with Crippen molar-refractivity contribution in [2.45, 2.75) is 38.5 Å². The molecule has 1 aromatic carbocycles. The standard InChI is InChI=1S/C17H19NO2S/c1-11-7-9-13(10-8-11)16-18-14(17(19)20)15(21-16)12-5-3-2-4-6-12/h2-6,11,13H,7-10H2,1H3,(H,19,20). The Kier molecular flexibility index (Phi) is 4.06. The number of hydrogen-bond donors (Lipinski definition) is 1. The monoisotopic (exact) mass is 301 g/mol. The molecule has 0 bridgehead atoms. The quantitative estimate of drug-likeness (QED) is 0.885. The van der Waals surface area contributed by atoms with Crippen LogP contribution in [0, 0.1) is 5.92 Å². The molecule has 1 aliphatic carbocycles. The first-order valence-corrected chi connectivity index (χ1v) is 8.26. The zero-order valence-electron chi connectivity index (χ0n) is 12.1. The topological polar surface area (TPSA) is 50.2 Å². The number of rotatable bonds is 3. The van der Waals surface area contributed by atoms with E-state index >= 15 is 0 Å². The van der Waals surface area contributed by atoms with E-state index in [1.165, 1.54) is 12.8 Å². The van der Waals surface area contributed by atoms with E-state index in [1.807, 2.05) is 30.3 Å². The fourth-order valence-electron chi connectivity index (χ4n) is 2.95. The van der Waals surface area contributed by atoms with Crippen LogP contribution in [0.2, 0.25) is 0 Å². The molecule has 1 aliphatic rings. The summed E-state index contributed by atoms with van der Waals surface area (Å²) in [5.41, 5.74) is 1.16. The molecule has 0 spiro atoms. The average Bonchev–Trinajstić information content (AvgIpc) is 2.94. The van der Waals surface area contributed by atoms with Crippen LogP contribution in [0.5, 0.6) is 0 Å². The third-order valence-electron chi connectivity index (χ3n) is 4.25. The van der Waals surface area contributed by atoms with Gasteiger partial charge in [-0.05, 0) is 24.3 Å². The lowest BCUT2D eigenvalue weighted by Gasteiger charge is -2.24. The molecule has 110 valence electrons. The summed E-state index contributed by atoms with van der Waals surface area (Å²) in [7, 11) is 0. The minimum Gasteiger partial charge on any atom is -0.476 e. The summed E-state index contributed by atoms with van der Waals surface area (Å²) in [4.78, 5) is 16.7. The zero-order valence-corrected chi connectivity index (χ0v) is 12.9. The summed E-state index contributed by atoms with van der Waals surface area (Å²) in [5.74, 6) is 0.288. The van der Waals surface area contributed by atoms with Crippen LogP contribution in [0.3, 0.4) is 0 Å². The molecule has 0 radical (unpaired) electrons. The predicted molar refractivity (Wildman–Crippen MR) is 84.9 cm³/mol.